The second kappa shape index (κ2) is 11.2. The molecule has 3 amide bonds. The highest BCUT2D eigenvalue weighted by molar-refractivity contribution is 7.11. The number of nitrogens with two attached hydrogens (primary N) is 1. The number of aryl methyl sites for hydroxylation is 1. The zero-order chi connectivity index (χ0) is 23.1. The molecule has 4 N–H and O–H groups in total. The van der Waals surface area contributed by atoms with Gasteiger partial charge >= 0.3 is 6.03 Å². The van der Waals surface area contributed by atoms with Gasteiger partial charge in [-0.05, 0) is 81.5 Å². The number of likely N-dealkylation sites (tertiary alicyclic amines) is 1. The monoisotopic (exact) mass is 467 g/mol. The number of hydrogen-bond donors (Lipinski definition) is 3. The lowest BCUT2D eigenvalue weighted by Crippen LogP contribution is -2.30. The Morgan fingerprint density at radius 1 is 1.22 bits per heavy atom. The number of anilines is 1. The van der Waals surface area contributed by atoms with Crippen LogP contribution in [0.5, 0.6) is 5.88 Å². The molecule has 1 aliphatic rings. The summed E-state index contributed by atoms with van der Waals surface area (Å²) in [6, 6.07) is 1.86. The summed E-state index contributed by atoms with van der Waals surface area (Å²) in [7, 11) is 0. The van der Waals surface area contributed by atoms with Gasteiger partial charge in [0.05, 0.1) is 5.56 Å². The number of nitrogens with zero attached hydrogens (tertiary/aromatic N) is 2. The molecule has 32 heavy (non-hydrogen) atoms. The predicted octanol–water partition coefficient (Wildman–Crippen LogP) is 3.41. The maximum absolute atomic E-state index is 14.0. The Kier molecular flexibility index (Phi) is 8.34. The average molecular weight is 468 g/mol. The van der Waals surface area contributed by atoms with Gasteiger partial charge in [0.1, 0.15) is 28.8 Å². The molecule has 2 heterocycles. The predicted molar refractivity (Wildman–Crippen MR) is 118 cm³/mol. The van der Waals surface area contributed by atoms with E-state index in [1.54, 1.807) is 6.92 Å². The second-order valence-electron chi connectivity index (χ2n) is 7.69. The molecular formula is C21H27F2N5O3S. The maximum Gasteiger partial charge on any atom is 0.319 e. The van der Waals surface area contributed by atoms with Crippen LogP contribution in [0.3, 0.4) is 0 Å². The van der Waals surface area contributed by atoms with Crippen LogP contribution in [0.4, 0.5) is 18.6 Å². The van der Waals surface area contributed by atoms with E-state index in [4.69, 9.17) is 10.5 Å². The van der Waals surface area contributed by atoms with Crippen LogP contribution in [-0.2, 0) is 6.61 Å². The first-order valence-corrected chi connectivity index (χ1v) is 11.3. The Hall–Kier alpha value is -2.79. The van der Waals surface area contributed by atoms with Gasteiger partial charge in [-0.3, -0.25) is 10.1 Å². The van der Waals surface area contributed by atoms with Crippen LogP contribution in [0.25, 0.3) is 0 Å². The van der Waals surface area contributed by atoms with Gasteiger partial charge in [0.25, 0.3) is 5.91 Å². The molecule has 8 nitrogen and oxygen atoms in total. The number of primary amides is 1. The number of aromatic nitrogens is 1. The number of hydrogen-bond acceptors (Lipinski definition) is 6. The average Bonchev–Trinajstić information content (AvgIpc) is 3.37. The molecule has 0 saturated carbocycles. The van der Waals surface area contributed by atoms with Crippen molar-refractivity contribution >= 4 is 28.5 Å². The number of benzene rings is 1. The van der Waals surface area contributed by atoms with Crippen molar-refractivity contribution in [3.63, 3.8) is 0 Å². The van der Waals surface area contributed by atoms with E-state index in [2.05, 4.69) is 19.9 Å². The van der Waals surface area contributed by atoms with E-state index in [9.17, 15) is 18.4 Å². The molecule has 1 aromatic heterocycles. The number of carbonyl (C=O) groups is 2. The summed E-state index contributed by atoms with van der Waals surface area (Å²) < 4.78 is 37.3. The largest absolute Gasteiger partial charge is 0.471 e. The van der Waals surface area contributed by atoms with E-state index >= 15 is 0 Å². The standard InChI is InChI=1S/C21H27F2N5O3S/c1-13-10-15(22)14(16(23)11-13)12-31-19-17(18(24)29)20(32-27-19)26-21(30)25-6-2-3-7-28-8-4-5-9-28/h10-11H,2-9,12H2,1H3,(H2,24,29)(H2,25,26,30). The van der Waals surface area contributed by atoms with Gasteiger partial charge in [-0.15, -0.1) is 0 Å². The molecule has 0 spiro atoms. The van der Waals surface area contributed by atoms with Gasteiger partial charge in [-0.25, -0.2) is 13.6 Å². The van der Waals surface area contributed by atoms with Gasteiger partial charge in [0.15, 0.2) is 0 Å². The summed E-state index contributed by atoms with van der Waals surface area (Å²) in [6.07, 6.45) is 4.31. The first kappa shape index (κ1) is 23.9. The van der Waals surface area contributed by atoms with Gasteiger partial charge in [0, 0.05) is 6.54 Å². The second-order valence-corrected chi connectivity index (χ2v) is 8.46. The molecule has 0 radical (unpaired) electrons. The summed E-state index contributed by atoms with van der Waals surface area (Å²) >= 11 is 0.797. The van der Waals surface area contributed by atoms with Crippen molar-refractivity contribution in [2.24, 2.45) is 5.73 Å². The SMILES string of the molecule is Cc1cc(F)c(COc2nsc(NC(=O)NCCCCN3CCCC3)c2C(N)=O)c(F)c1. The molecule has 0 atom stereocenters. The van der Waals surface area contributed by atoms with E-state index in [-0.39, 0.29) is 22.0 Å². The maximum atomic E-state index is 14.0. The smallest absolute Gasteiger partial charge is 0.319 e. The summed E-state index contributed by atoms with van der Waals surface area (Å²) in [5.41, 5.74) is 5.40. The lowest BCUT2D eigenvalue weighted by molar-refractivity contribution is 0.0996. The molecular weight excluding hydrogens is 440 g/mol. The van der Waals surface area contributed by atoms with Gasteiger partial charge in [-0.1, -0.05) is 0 Å². The molecule has 0 bridgehead atoms. The number of nitrogens with one attached hydrogen (secondary N) is 2. The molecule has 174 valence electrons. The van der Waals surface area contributed by atoms with E-state index in [1.807, 2.05) is 0 Å². The quantitative estimate of drug-likeness (QED) is 0.464. The van der Waals surface area contributed by atoms with Gasteiger partial charge in [-0.2, -0.15) is 4.37 Å². The highest BCUT2D eigenvalue weighted by Gasteiger charge is 2.23. The Morgan fingerprint density at radius 2 is 1.91 bits per heavy atom. The molecule has 1 fully saturated rings. The van der Waals surface area contributed by atoms with Gasteiger partial charge < -0.3 is 20.7 Å². The highest BCUT2D eigenvalue weighted by atomic mass is 32.1. The van der Waals surface area contributed by atoms with Crippen molar-refractivity contribution in [2.75, 3.05) is 31.5 Å². The lowest BCUT2D eigenvalue weighted by Gasteiger charge is -2.14. The number of unbranched alkanes of at least 4 members (excludes halogenated alkanes) is 1. The van der Waals surface area contributed by atoms with E-state index in [0.717, 1.165) is 44.0 Å². The van der Waals surface area contributed by atoms with Crippen molar-refractivity contribution < 1.29 is 23.1 Å². The fourth-order valence-electron chi connectivity index (χ4n) is 3.50. The van der Waals surface area contributed by atoms with Crippen LogP contribution in [-0.4, -0.2) is 47.4 Å². The first-order chi connectivity index (χ1) is 15.3. The van der Waals surface area contributed by atoms with Crippen LogP contribution in [0, 0.1) is 18.6 Å². The molecule has 1 aliphatic heterocycles. The molecule has 1 saturated heterocycles. The highest BCUT2D eigenvalue weighted by Crippen LogP contribution is 2.31. The number of halogens is 2. The zero-order valence-electron chi connectivity index (χ0n) is 17.9. The minimum atomic E-state index is -0.875. The third-order valence-electron chi connectivity index (χ3n) is 5.16. The Balaban J connectivity index is 1.52. The molecule has 0 unspecified atom stereocenters. The third kappa shape index (κ3) is 6.36. The number of urea groups is 1. The summed E-state index contributed by atoms with van der Waals surface area (Å²) in [4.78, 5) is 26.5. The summed E-state index contributed by atoms with van der Waals surface area (Å²) in [6.45, 7) is 4.88. The van der Waals surface area contributed by atoms with Crippen molar-refractivity contribution in [3.8, 4) is 5.88 Å². The van der Waals surface area contributed by atoms with E-state index < -0.39 is 30.2 Å². The van der Waals surface area contributed by atoms with Crippen molar-refractivity contribution in [1.82, 2.24) is 14.6 Å². The van der Waals surface area contributed by atoms with Gasteiger partial charge in [0.2, 0.25) is 5.88 Å². The number of rotatable bonds is 10. The Bertz CT molecular complexity index is 940. The third-order valence-corrected chi connectivity index (χ3v) is 5.90. The fraction of sp³-hybridized carbons (Fsp3) is 0.476. The minimum Gasteiger partial charge on any atom is -0.471 e. The van der Waals surface area contributed by atoms with Crippen molar-refractivity contribution in [3.05, 3.63) is 40.5 Å². The van der Waals surface area contributed by atoms with E-state index in [1.165, 1.54) is 25.0 Å². The molecule has 3 rings (SSSR count). The van der Waals surface area contributed by atoms with Crippen LogP contribution in [0.1, 0.15) is 47.2 Å². The summed E-state index contributed by atoms with van der Waals surface area (Å²) in [5.74, 6) is -2.59. The summed E-state index contributed by atoms with van der Waals surface area (Å²) in [5, 5.41) is 5.37. The molecule has 2 aromatic rings. The molecule has 1 aromatic carbocycles. The van der Waals surface area contributed by atoms with Crippen LogP contribution in [0.2, 0.25) is 0 Å². The minimum absolute atomic E-state index is 0.104. The van der Waals surface area contributed by atoms with Crippen LogP contribution >= 0.6 is 11.5 Å². The van der Waals surface area contributed by atoms with E-state index in [0.29, 0.717) is 12.1 Å². The number of ether oxygens (including phenoxy) is 1. The topological polar surface area (TPSA) is 110 Å². The number of carbonyl (C=O) groups excluding carboxylic acids is 2. The van der Waals surface area contributed by atoms with Crippen LogP contribution in [0.15, 0.2) is 12.1 Å². The van der Waals surface area contributed by atoms with Crippen LogP contribution < -0.4 is 21.1 Å². The normalized spacial score (nSPS) is 13.8. The Labute approximate surface area is 189 Å². The first-order valence-electron chi connectivity index (χ1n) is 10.5. The lowest BCUT2D eigenvalue weighted by atomic mass is 10.1. The Morgan fingerprint density at radius 3 is 2.56 bits per heavy atom. The molecule has 11 heteroatoms. The zero-order valence-corrected chi connectivity index (χ0v) is 18.7. The fourth-order valence-corrected chi connectivity index (χ4v) is 4.24. The van der Waals surface area contributed by atoms with Crippen molar-refractivity contribution in [1.29, 1.82) is 0 Å². The molecule has 0 aliphatic carbocycles. The number of amides is 3. The van der Waals surface area contributed by atoms with Crippen molar-refractivity contribution in [2.45, 2.75) is 39.2 Å².